The summed E-state index contributed by atoms with van der Waals surface area (Å²) in [6.45, 7) is 4.25. The van der Waals surface area contributed by atoms with Gasteiger partial charge < -0.3 is 0 Å². The van der Waals surface area contributed by atoms with E-state index in [9.17, 15) is 0 Å². The lowest BCUT2D eigenvalue weighted by atomic mass is 9.95. The molecule has 0 amide bonds. The van der Waals surface area contributed by atoms with Gasteiger partial charge >= 0.3 is 0 Å². The van der Waals surface area contributed by atoms with E-state index < -0.39 is 0 Å². The van der Waals surface area contributed by atoms with Gasteiger partial charge in [-0.25, -0.2) is 0 Å². The van der Waals surface area contributed by atoms with Crippen LogP contribution in [0.5, 0.6) is 0 Å². The molecule has 0 saturated carbocycles. The van der Waals surface area contributed by atoms with Crippen molar-refractivity contribution in [1.82, 2.24) is 15.4 Å². The Kier molecular flexibility index (Phi) is 3.12. The molecule has 0 bridgehead atoms. The first-order valence-corrected chi connectivity index (χ1v) is 5.40. The van der Waals surface area contributed by atoms with Gasteiger partial charge in [-0.2, -0.15) is 0 Å². The number of hydrogen-bond donors (Lipinski definition) is 2. The minimum absolute atomic E-state index is 0.0976. The molecular formula is C12H16N4. The van der Waals surface area contributed by atoms with Crippen molar-refractivity contribution in [3.05, 3.63) is 36.2 Å². The number of benzene rings is 1. The largest absolute Gasteiger partial charge is 0.271 e. The third-order valence-electron chi connectivity index (χ3n) is 2.71. The van der Waals surface area contributed by atoms with Gasteiger partial charge in [0.1, 0.15) is 0 Å². The van der Waals surface area contributed by atoms with Gasteiger partial charge in [-0.05, 0) is 17.5 Å². The van der Waals surface area contributed by atoms with Gasteiger partial charge in [0.15, 0.2) is 0 Å². The molecular weight excluding hydrogens is 200 g/mol. The van der Waals surface area contributed by atoms with Crippen LogP contribution >= 0.6 is 0 Å². The summed E-state index contributed by atoms with van der Waals surface area (Å²) >= 11 is 0. The summed E-state index contributed by atoms with van der Waals surface area (Å²) in [7, 11) is 0. The highest BCUT2D eigenvalue weighted by molar-refractivity contribution is 5.78. The minimum Gasteiger partial charge on any atom is -0.271 e. The van der Waals surface area contributed by atoms with Crippen molar-refractivity contribution < 1.29 is 0 Å². The van der Waals surface area contributed by atoms with E-state index in [1.54, 1.807) is 12.4 Å². The molecule has 16 heavy (non-hydrogen) atoms. The second-order valence-electron chi connectivity index (χ2n) is 4.16. The number of nitrogens with zero attached hydrogens (tertiary/aromatic N) is 2. The standard InChI is InChI=1S/C12H16N4/c1-8(2)11(16-13)9-4-3-5-10-12(9)15-7-6-14-10/h3-8,11,16H,13H2,1-2H3. The Labute approximate surface area is 94.9 Å². The topological polar surface area (TPSA) is 63.8 Å². The van der Waals surface area contributed by atoms with Crippen LogP contribution in [0.2, 0.25) is 0 Å². The van der Waals surface area contributed by atoms with Gasteiger partial charge in [0, 0.05) is 12.4 Å². The van der Waals surface area contributed by atoms with Gasteiger partial charge in [0.2, 0.25) is 0 Å². The average Bonchev–Trinajstić information content (AvgIpc) is 2.30. The molecule has 1 unspecified atom stereocenters. The van der Waals surface area contributed by atoms with E-state index >= 15 is 0 Å². The maximum Gasteiger partial charge on any atom is 0.0935 e. The second-order valence-corrected chi connectivity index (χ2v) is 4.16. The Morgan fingerprint density at radius 1 is 1.19 bits per heavy atom. The monoisotopic (exact) mass is 216 g/mol. The predicted molar refractivity (Wildman–Crippen MR) is 64.4 cm³/mol. The van der Waals surface area contributed by atoms with Crippen LogP contribution in [0.4, 0.5) is 0 Å². The van der Waals surface area contributed by atoms with Crippen molar-refractivity contribution in [2.24, 2.45) is 11.8 Å². The summed E-state index contributed by atoms with van der Waals surface area (Å²) in [6, 6.07) is 6.08. The second kappa shape index (κ2) is 4.55. The molecule has 2 rings (SSSR count). The van der Waals surface area contributed by atoms with Gasteiger partial charge in [-0.1, -0.05) is 26.0 Å². The SMILES string of the molecule is CC(C)C(NN)c1cccc2nccnc12. The molecule has 4 nitrogen and oxygen atoms in total. The summed E-state index contributed by atoms with van der Waals surface area (Å²) in [5.74, 6) is 6.00. The van der Waals surface area contributed by atoms with Crippen LogP contribution < -0.4 is 11.3 Å². The van der Waals surface area contributed by atoms with Crippen molar-refractivity contribution in [2.45, 2.75) is 19.9 Å². The van der Waals surface area contributed by atoms with E-state index in [-0.39, 0.29) is 6.04 Å². The quantitative estimate of drug-likeness (QED) is 0.606. The van der Waals surface area contributed by atoms with E-state index in [1.165, 1.54) is 0 Å². The molecule has 0 spiro atoms. The number of aromatic nitrogens is 2. The zero-order valence-corrected chi connectivity index (χ0v) is 9.51. The van der Waals surface area contributed by atoms with E-state index in [2.05, 4.69) is 29.2 Å². The van der Waals surface area contributed by atoms with Crippen molar-refractivity contribution in [3.63, 3.8) is 0 Å². The lowest BCUT2D eigenvalue weighted by molar-refractivity contribution is 0.423. The summed E-state index contributed by atoms with van der Waals surface area (Å²) in [5, 5.41) is 0. The van der Waals surface area contributed by atoms with Gasteiger partial charge in [0.05, 0.1) is 17.1 Å². The molecule has 1 heterocycles. The molecule has 0 aliphatic heterocycles. The molecule has 1 aromatic heterocycles. The zero-order chi connectivity index (χ0) is 11.5. The van der Waals surface area contributed by atoms with Crippen LogP contribution in [0, 0.1) is 5.92 Å². The Hall–Kier alpha value is -1.52. The number of nitrogens with two attached hydrogens (primary N) is 1. The molecule has 3 N–H and O–H groups in total. The summed E-state index contributed by atoms with van der Waals surface area (Å²) in [4.78, 5) is 8.66. The third-order valence-corrected chi connectivity index (χ3v) is 2.71. The Morgan fingerprint density at radius 3 is 2.62 bits per heavy atom. The smallest absolute Gasteiger partial charge is 0.0935 e. The van der Waals surface area contributed by atoms with E-state index in [1.807, 2.05) is 18.2 Å². The first kappa shape index (κ1) is 11.0. The molecule has 2 aromatic rings. The molecule has 0 aliphatic rings. The number of nitrogens with one attached hydrogen (secondary N) is 1. The van der Waals surface area contributed by atoms with Crippen LogP contribution in [0.1, 0.15) is 25.5 Å². The first-order chi connectivity index (χ1) is 7.74. The van der Waals surface area contributed by atoms with Crippen LogP contribution in [-0.4, -0.2) is 9.97 Å². The Morgan fingerprint density at radius 2 is 1.94 bits per heavy atom. The Bertz CT molecular complexity index is 476. The first-order valence-electron chi connectivity index (χ1n) is 5.40. The Balaban J connectivity index is 2.59. The fraction of sp³-hybridized carbons (Fsp3) is 0.333. The van der Waals surface area contributed by atoms with Crippen molar-refractivity contribution >= 4 is 11.0 Å². The molecule has 0 fully saturated rings. The number of para-hydroxylation sites is 1. The summed E-state index contributed by atoms with van der Waals surface area (Å²) < 4.78 is 0. The van der Waals surface area contributed by atoms with Gasteiger partial charge in [-0.15, -0.1) is 0 Å². The number of rotatable bonds is 3. The van der Waals surface area contributed by atoms with Crippen molar-refractivity contribution in [1.29, 1.82) is 0 Å². The molecule has 0 radical (unpaired) electrons. The zero-order valence-electron chi connectivity index (χ0n) is 9.51. The molecule has 1 atom stereocenters. The van der Waals surface area contributed by atoms with Crippen molar-refractivity contribution in [2.75, 3.05) is 0 Å². The van der Waals surface area contributed by atoms with Crippen LogP contribution in [0.15, 0.2) is 30.6 Å². The van der Waals surface area contributed by atoms with Gasteiger partial charge in [0.25, 0.3) is 0 Å². The number of hydrogen-bond acceptors (Lipinski definition) is 4. The fourth-order valence-electron chi connectivity index (χ4n) is 1.91. The van der Waals surface area contributed by atoms with E-state index in [4.69, 9.17) is 5.84 Å². The van der Waals surface area contributed by atoms with E-state index in [0.717, 1.165) is 16.6 Å². The number of fused-ring (bicyclic) bond motifs is 1. The van der Waals surface area contributed by atoms with Crippen LogP contribution in [0.25, 0.3) is 11.0 Å². The maximum absolute atomic E-state index is 5.60. The summed E-state index contributed by atoms with van der Waals surface area (Å²) in [5.41, 5.74) is 5.76. The van der Waals surface area contributed by atoms with Crippen LogP contribution in [0.3, 0.4) is 0 Å². The third kappa shape index (κ3) is 1.89. The van der Waals surface area contributed by atoms with Crippen molar-refractivity contribution in [3.8, 4) is 0 Å². The molecule has 0 aliphatic carbocycles. The highest BCUT2D eigenvalue weighted by Gasteiger charge is 2.17. The summed E-state index contributed by atoms with van der Waals surface area (Å²) in [6.07, 6.45) is 3.41. The number of hydrazine groups is 1. The van der Waals surface area contributed by atoms with Gasteiger partial charge in [-0.3, -0.25) is 21.2 Å². The van der Waals surface area contributed by atoms with Crippen LogP contribution in [-0.2, 0) is 0 Å². The molecule has 1 aromatic carbocycles. The van der Waals surface area contributed by atoms with E-state index in [0.29, 0.717) is 5.92 Å². The lowest BCUT2D eigenvalue weighted by Crippen LogP contribution is -2.31. The maximum atomic E-state index is 5.60. The molecule has 0 saturated heterocycles. The fourth-order valence-corrected chi connectivity index (χ4v) is 1.91. The normalized spacial score (nSPS) is 13.2. The molecule has 4 heteroatoms. The lowest BCUT2D eigenvalue weighted by Gasteiger charge is -2.21. The molecule has 84 valence electrons. The highest BCUT2D eigenvalue weighted by atomic mass is 15.2. The highest BCUT2D eigenvalue weighted by Crippen LogP contribution is 2.25. The average molecular weight is 216 g/mol. The minimum atomic E-state index is 0.0976. The predicted octanol–water partition coefficient (Wildman–Crippen LogP) is 1.79.